The molecule has 3 aromatic carbocycles. The van der Waals surface area contributed by atoms with E-state index >= 15 is 0 Å². The molecule has 0 bridgehead atoms. The second-order valence-corrected chi connectivity index (χ2v) is 13.7. The molecule has 1 saturated heterocycles. The molecule has 3 heterocycles. The van der Waals surface area contributed by atoms with Gasteiger partial charge in [-0.1, -0.05) is 54.8 Å². The van der Waals surface area contributed by atoms with E-state index < -0.39 is 0 Å². The third kappa shape index (κ3) is 6.86. The predicted octanol–water partition coefficient (Wildman–Crippen LogP) is 9.86. The highest BCUT2D eigenvalue weighted by molar-refractivity contribution is 6.32. The number of ketones is 1. The first-order valence-electron chi connectivity index (χ1n) is 17.3. The van der Waals surface area contributed by atoms with Gasteiger partial charge in [-0.15, -0.1) is 0 Å². The van der Waals surface area contributed by atoms with Crippen LogP contribution in [0.5, 0.6) is 0 Å². The van der Waals surface area contributed by atoms with E-state index in [0.717, 1.165) is 104 Å². The fourth-order valence-electron chi connectivity index (χ4n) is 7.66. The number of pyridine rings is 1. The van der Waals surface area contributed by atoms with E-state index in [-0.39, 0.29) is 23.7 Å². The van der Waals surface area contributed by atoms with Crippen LogP contribution >= 0.6 is 11.6 Å². The first kappa shape index (κ1) is 33.0. The van der Waals surface area contributed by atoms with Crippen LogP contribution in [0.2, 0.25) is 5.02 Å². The Balaban J connectivity index is 0.903. The number of aromatic amines is 1. The van der Waals surface area contributed by atoms with E-state index in [2.05, 4.69) is 51.3 Å². The second kappa shape index (κ2) is 14.5. The number of nitriles is 1. The molecule has 7 rings (SSSR count). The zero-order valence-electron chi connectivity index (χ0n) is 27.8. The summed E-state index contributed by atoms with van der Waals surface area (Å²) in [5, 5.41) is 10.8. The standard InChI is InChI=1S/C41H40ClFN4O2/c1-26-36(17-16-29(23-44)40(26)42)47-25-32(22-37(47)30-9-7-18-45-24-30)49-19-5-3-2-4-8-27-12-14-28(15-13-27)41-33-10-6-11-38(48)34-20-31(43)21-35(46-41)39(33)34/h7,9,12-18,20-21,24,32,37,46H,2-6,8,10-11,19,22,25H2,1H3. The van der Waals surface area contributed by atoms with Crippen molar-refractivity contribution in [2.75, 3.05) is 18.1 Å². The highest BCUT2D eigenvalue weighted by Gasteiger charge is 2.35. The second-order valence-electron chi connectivity index (χ2n) is 13.4. The molecule has 1 fully saturated rings. The van der Waals surface area contributed by atoms with Crippen LogP contribution in [0.1, 0.15) is 89.2 Å². The van der Waals surface area contributed by atoms with Crippen molar-refractivity contribution in [3.63, 3.8) is 0 Å². The average Bonchev–Trinajstić information content (AvgIpc) is 3.66. The smallest absolute Gasteiger partial charge is 0.163 e. The normalized spacial score (nSPS) is 17.4. The van der Waals surface area contributed by atoms with Gasteiger partial charge in [0, 0.05) is 59.8 Å². The maximum absolute atomic E-state index is 14.3. The predicted molar refractivity (Wildman–Crippen MR) is 193 cm³/mol. The summed E-state index contributed by atoms with van der Waals surface area (Å²) in [4.78, 5) is 22.8. The summed E-state index contributed by atoms with van der Waals surface area (Å²) in [6.45, 7) is 3.46. The van der Waals surface area contributed by atoms with Crippen molar-refractivity contribution in [1.82, 2.24) is 9.97 Å². The van der Waals surface area contributed by atoms with Crippen molar-refractivity contribution < 1.29 is 13.9 Å². The van der Waals surface area contributed by atoms with Gasteiger partial charge in [-0.05, 0) is 104 Å². The molecule has 2 aliphatic rings. The van der Waals surface area contributed by atoms with Crippen molar-refractivity contribution in [1.29, 1.82) is 5.26 Å². The maximum Gasteiger partial charge on any atom is 0.163 e. The average molecular weight is 675 g/mol. The summed E-state index contributed by atoms with van der Waals surface area (Å²) in [5.74, 6) is -0.352. The zero-order chi connectivity index (χ0) is 33.9. The fraction of sp³-hybridized carbons (Fsp3) is 0.341. The zero-order valence-corrected chi connectivity index (χ0v) is 28.5. The number of nitrogens with one attached hydrogen (secondary N) is 1. The van der Waals surface area contributed by atoms with Gasteiger partial charge in [0.1, 0.15) is 11.9 Å². The molecule has 1 aliphatic heterocycles. The number of carbonyl (C=O) groups is 1. The Labute approximate surface area is 291 Å². The number of nitrogens with zero attached hydrogens (tertiary/aromatic N) is 3. The van der Waals surface area contributed by atoms with Crippen molar-refractivity contribution >= 4 is 34.0 Å². The maximum atomic E-state index is 14.3. The monoisotopic (exact) mass is 674 g/mol. The van der Waals surface area contributed by atoms with Crippen LogP contribution < -0.4 is 4.90 Å². The van der Waals surface area contributed by atoms with Gasteiger partial charge in [0.15, 0.2) is 5.78 Å². The molecule has 250 valence electrons. The van der Waals surface area contributed by atoms with E-state index in [1.165, 1.54) is 17.7 Å². The van der Waals surface area contributed by atoms with Crippen LogP contribution in [0.3, 0.4) is 0 Å². The minimum Gasteiger partial charge on any atom is -0.376 e. The van der Waals surface area contributed by atoms with Crippen LogP contribution in [0.25, 0.3) is 22.2 Å². The van der Waals surface area contributed by atoms with E-state index in [1.807, 2.05) is 25.3 Å². The first-order chi connectivity index (χ1) is 23.9. The lowest BCUT2D eigenvalue weighted by Gasteiger charge is -2.28. The molecule has 0 amide bonds. The lowest BCUT2D eigenvalue weighted by Crippen LogP contribution is -2.26. The van der Waals surface area contributed by atoms with Gasteiger partial charge in [0.2, 0.25) is 0 Å². The lowest BCUT2D eigenvalue weighted by atomic mass is 9.98. The summed E-state index contributed by atoms with van der Waals surface area (Å²) >= 11 is 6.55. The van der Waals surface area contributed by atoms with Crippen molar-refractivity contribution in [2.24, 2.45) is 0 Å². The Bertz CT molecular complexity index is 2020. The molecule has 2 unspecified atom stereocenters. The van der Waals surface area contributed by atoms with Crippen LogP contribution in [-0.4, -0.2) is 35.0 Å². The highest BCUT2D eigenvalue weighted by Crippen LogP contribution is 2.41. The molecule has 1 N–H and O–H groups in total. The summed E-state index contributed by atoms with van der Waals surface area (Å²) < 4.78 is 20.7. The number of anilines is 1. The molecule has 0 spiro atoms. The number of carbonyl (C=O) groups excluding carboxylic acids is 1. The lowest BCUT2D eigenvalue weighted by molar-refractivity contribution is 0.0632. The number of Topliss-reactive ketones (excluding diaryl/α,β-unsaturated/α-hetero) is 1. The Hall–Kier alpha value is -4.51. The third-order valence-electron chi connectivity index (χ3n) is 10.2. The van der Waals surface area contributed by atoms with Crippen LogP contribution in [0, 0.1) is 24.1 Å². The summed E-state index contributed by atoms with van der Waals surface area (Å²) in [5.41, 5.74) is 9.29. The van der Waals surface area contributed by atoms with Gasteiger partial charge < -0.3 is 14.6 Å². The molecule has 8 heteroatoms. The van der Waals surface area contributed by atoms with Gasteiger partial charge in [0.05, 0.1) is 22.7 Å². The van der Waals surface area contributed by atoms with E-state index in [4.69, 9.17) is 16.3 Å². The minimum absolute atomic E-state index is 0.0240. The molecule has 49 heavy (non-hydrogen) atoms. The highest BCUT2D eigenvalue weighted by atomic mass is 35.5. The van der Waals surface area contributed by atoms with Crippen molar-refractivity contribution in [2.45, 2.75) is 76.9 Å². The van der Waals surface area contributed by atoms with E-state index in [0.29, 0.717) is 28.1 Å². The van der Waals surface area contributed by atoms with Gasteiger partial charge in [-0.3, -0.25) is 9.78 Å². The van der Waals surface area contributed by atoms with Crippen LogP contribution in [-0.2, 0) is 17.6 Å². The molecule has 5 aromatic rings. The number of rotatable bonds is 11. The number of ether oxygens (including phenoxy) is 1. The number of hydrogen-bond acceptors (Lipinski definition) is 5. The number of halogens is 2. The number of unbranched alkanes of at least 4 members (excludes halogenated alkanes) is 3. The molecular formula is C41H40ClFN4O2. The SMILES string of the molecule is Cc1c(N2CC(OCCCCCCc3ccc(-c4[nH]c5cc(F)cc6c5c4CCCC6=O)cc3)CC2c2cccnc2)ccc(C#N)c1Cl. The number of aromatic nitrogens is 2. The Kier molecular flexibility index (Phi) is 9.79. The Morgan fingerprint density at radius 1 is 1.08 bits per heavy atom. The van der Waals surface area contributed by atoms with Gasteiger partial charge in [0.25, 0.3) is 0 Å². The number of aryl methyl sites for hydroxylation is 2. The minimum atomic E-state index is -0.376. The van der Waals surface area contributed by atoms with Crippen molar-refractivity contribution in [3.8, 4) is 17.3 Å². The number of hydrogen-bond donors (Lipinski definition) is 1. The van der Waals surface area contributed by atoms with Gasteiger partial charge >= 0.3 is 0 Å². The number of H-pyrrole nitrogens is 1. The topological polar surface area (TPSA) is 82.0 Å². The van der Waals surface area contributed by atoms with Crippen molar-refractivity contribution in [3.05, 3.63) is 117 Å². The van der Waals surface area contributed by atoms with Crippen LogP contribution in [0.4, 0.5) is 10.1 Å². The summed E-state index contributed by atoms with van der Waals surface area (Å²) in [6, 6.07) is 21.7. The molecular weight excluding hydrogens is 635 g/mol. The molecule has 1 aliphatic carbocycles. The Morgan fingerprint density at radius 2 is 1.92 bits per heavy atom. The van der Waals surface area contributed by atoms with Gasteiger partial charge in [-0.25, -0.2) is 4.39 Å². The molecule has 0 radical (unpaired) electrons. The molecule has 0 saturated carbocycles. The fourth-order valence-corrected chi connectivity index (χ4v) is 7.86. The van der Waals surface area contributed by atoms with E-state index in [9.17, 15) is 14.4 Å². The third-order valence-corrected chi connectivity index (χ3v) is 10.7. The van der Waals surface area contributed by atoms with Gasteiger partial charge in [-0.2, -0.15) is 5.26 Å². The largest absolute Gasteiger partial charge is 0.376 e. The molecule has 2 aromatic heterocycles. The summed E-state index contributed by atoms with van der Waals surface area (Å²) in [6.07, 6.45) is 12.1. The summed E-state index contributed by atoms with van der Waals surface area (Å²) in [7, 11) is 0. The number of benzene rings is 3. The molecule has 2 atom stereocenters. The van der Waals surface area contributed by atoms with E-state index in [1.54, 1.807) is 12.3 Å². The Morgan fingerprint density at radius 3 is 2.71 bits per heavy atom. The van der Waals surface area contributed by atoms with Crippen LogP contribution in [0.15, 0.2) is 73.1 Å². The molecule has 6 nitrogen and oxygen atoms in total. The first-order valence-corrected chi connectivity index (χ1v) is 17.7. The quantitative estimate of drug-likeness (QED) is 0.141.